The zero-order valence-electron chi connectivity index (χ0n) is 14.4. The maximum absolute atomic E-state index is 13.0. The molecular formula is C18H11F3N2O6. The number of hydrogen-bond donors (Lipinski definition) is 1. The minimum atomic E-state index is -4.74. The third-order valence-corrected chi connectivity index (χ3v) is 3.81. The Morgan fingerprint density at radius 2 is 1.83 bits per heavy atom. The van der Waals surface area contributed by atoms with Gasteiger partial charge in [-0.15, -0.1) is 0 Å². The van der Waals surface area contributed by atoms with Gasteiger partial charge in [0.15, 0.2) is 0 Å². The van der Waals surface area contributed by atoms with E-state index in [9.17, 15) is 32.9 Å². The maximum Gasteiger partial charge on any atom is 0.417 e. The number of non-ortho nitro benzene ring substituents is 1. The van der Waals surface area contributed by atoms with E-state index in [0.717, 1.165) is 12.1 Å². The summed E-state index contributed by atoms with van der Waals surface area (Å²) < 4.78 is 48.8. The SMILES string of the molecule is O=C(Nc1ccc2c(C(F)(F)F)cc(=O)oc2c1)OCc1ccc([N+](=O)[O-])cc1. The lowest BCUT2D eigenvalue weighted by Crippen LogP contribution is -2.14. The molecule has 1 aromatic heterocycles. The Kier molecular flexibility index (Phi) is 5.22. The van der Waals surface area contributed by atoms with Crippen molar-refractivity contribution in [2.45, 2.75) is 12.8 Å². The van der Waals surface area contributed by atoms with Gasteiger partial charge in [-0.05, 0) is 29.8 Å². The smallest absolute Gasteiger partial charge is 0.417 e. The molecule has 1 heterocycles. The van der Waals surface area contributed by atoms with Gasteiger partial charge in [0, 0.05) is 35.3 Å². The fourth-order valence-corrected chi connectivity index (χ4v) is 2.49. The number of alkyl halides is 3. The highest BCUT2D eigenvalue weighted by Gasteiger charge is 2.33. The van der Waals surface area contributed by atoms with E-state index in [1.807, 2.05) is 0 Å². The van der Waals surface area contributed by atoms with Crippen molar-refractivity contribution in [3.8, 4) is 0 Å². The van der Waals surface area contributed by atoms with Crippen molar-refractivity contribution in [1.82, 2.24) is 0 Å². The van der Waals surface area contributed by atoms with Gasteiger partial charge in [-0.1, -0.05) is 0 Å². The molecule has 11 heteroatoms. The third kappa shape index (κ3) is 4.69. The lowest BCUT2D eigenvalue weighted by molar-refractivity contribution is -0.384. The first-order valence-electron chi connectivity index (χ1n) is 7.96. The van der Waals surface area contributed by atoms with Gasteiger partial charge in [0.25, 0.3) is 5.69 Å². The molecular weight excluding hydrogens is 397 g/mol. The summed E-state index contributed by atoms with van der Waals surface area (Å²) in [6.07, 6.45) is -5.66. The quantitative estimate of drug-likeness (QED) is 0.387. The van der Waals surface area contributed by atoms with E-state index in [-0.39, 0.29) is 29.0 Å². The second-order valence-corrected chi connectivity index (χ2v) is 5.81. The summed E-state index contributed by atoms with van der Waals surface area (Å²) in [4.78, 5) is 33.3. The molecule has 1 N–H and O–H groups in total. The molecule has 0 radical (unpaired) electrons. The molecule has 29 heavy (non-hydrogen) atoms. The number of fused-ring (bicyclic) bond motifs is 1. The van der Waals surface area contributed by atoms with Crippen LogP contribution in [0.2, 0.25) is 0 Å². The van der Waals surface area contributed by atoms with E-state index in [1.165, 1.54) is 30.3 Å². The summed E-state index contributed by atoms with van der Waals surface area (Å²) in [5.41, 5.74) is -2.25. The van der Waals surface area contributed by atoms with Crippen molar-refractivity contribution in [2.24, 2.45) is 0 Å². The van der Waals surface area contributed by atoms with Crippen molar-refractivity contribution >= 4 is 28.4 Å². The van der Waals surface area contributed by atoms with Crippen LogP contribution in [-0.4, -0.2) is 11.0 Å². The molecule has 2 aromatic carbocycles. The molecule has 0 aliphatic heterocycles. The van der Waals surface area contributed by atoms with Crippen LogP contribution in [0.15, 0.2) is 57.7 Å². The van der Waals surface area contributed by atoms with Crippen LogP contribution in [0.4, 0.5) is 29.3 Å². The Balaban J connectivity index is 1.72. The molecule has 3 aromatic rings. The summed E-state index contributed by atoms with van der Waals surface area (Å²) in [6, 6.07) is 9.01. The lowest BCUT2D eigenvalue weighted by atomic mass is 10.1. The van der Waals surface area contributed by atoms with E-state index in [4.69, 9.17) is 9.15 Å². The second-order valence-electron chi connectivity index (χ2n) is 5.81. The Morgan fingerprint density at radius 1 is 1.14 bits per heavy atom. The van der Waals surface area contributed by atoms with Crippen LogP contribution in [0.25, 0.3) is 11.0 Å². The topological polar surface area (TPSA) is 112 Å². The number of nitrogens with one attached hydrogen (secondary N) is 1. The standard InChI is InChI=1S/C18H11F3N2O6/c19-18(20,21)14-8-16(24)29-15-7-11(3-6-13(14)15)22-17(25)28-9-10-1-4-12(5-2-10)23(26)27/h1-8H,9H2,(H,22,25). The maximum atomic E-state index is 13.0. The minimum absolute atomic E-state index is 0.0497. The fraction of sp³-hybridized carbons (Fsp3) is 0.111. The van der Waals surface area contributed by atoms with E-state index in [0.29, 0.717) is 11.6 Å². The molecule has 150 valence electrons. The van der Waals surface area contributed by atoms with Crippen molar-refractivity contribution in [3.05, 3.63) is 80.2 Å². The Bertz CT molecular complexity index is 1140. The number of hydrogen-bond acceptors (Lipinski definition) is 6. The molecule has 0 bridgehead atoms. The van der Waals surface area contributed by atoms with Crippen LogP contribution in [0.1, 0.15) is 11.1 Å². The van der Waals surface area contributed by atoms with Gasteiger partial charge >= 0.3 is 17.9 Å². The Labute approximate surface area is 159 Å². The van der Waals surface area contributed by atoms with Crippen LogP contribution in [0, 0.1) is 10.1 Å². The van der Waals surface area contributed by atoms with Gasteiger partial charge in [0.2, 0.25) is 0 Å². The first kappa shape index (κ1) is 19.9. The molecule has 0 fully saturated rings. The molecule has 0 spiro atoms. The highest BCUT2D eigenvalue weighted by Crippen LogP contribution is 2.34. The van der Waals surface area contributed by atoms with E-state index >= 15 is 0 Å². The van der Waals surface area contributed by atoms with Crippen LogP contribution < -0.4 is 10.9 Å². The molecule has 0 saturated carbocycles. The molecule has 0 atom stereocenters. The zero-order valence-corrected chi connectivity index (χ0v) is 14.4. The number of nitro benzene ring substituents is 1. The van der Waals surface area contributed by atoms with Crippen molar-refractivity contribution in [1.29, 1.82) is 0 Å². The lowest BCUT2D eigenvalue weighted by Gasteiger charge is -2.11. The number of anilines is 1. The number of carbonyl (C=O) groups excluding carboxylic acids is 1. The van der Waals surface area contributed by atoms with E-state index in [1.54, 1.807) is 0 Å². The van der Waals surface area contributed by atoms with E-state index < -0.39 is 28.4 Å². The van der Waals surface area contributed by atoms with Gasteiger partial charge in [0.1, 0.15) is 12.2 Å². The minimum Gasteiger partial charge on any atom is -0.444 e. The number of amides is 1. The summed E-state index contributed by atoms with van der Waals surface area (Å²) in [7, 11) is 0. The number of benzene rings is 2. The summed E-state index contributed by atoms with van der Waals surface area (Å²) in [5, 5.41) is 12.6. The molecule has 3 rings (SSSR count). The van der Waals surface area contributed by atoms with Gasteiger partial charge in [-0.25, -0.2) is 9.59 Å². The highest BCUT2D eigenvalue weighted by atomic mass is 19.4. The number of rotatable bonds is 4. The number of nitrogens with zero attached hydrogens (tertiary/aromatic N) is 1. The number of ether oxygens (including phenoxy) is 1. The van der Waals surface area contributed by atoms with Crippen LogP contribution in [0.5, 0.6) is 0 Å². The van der Waals surface area contributed by atoms with Gasteiger partial charge < -0.3 is 9.15 Å². The molecule has 8 nitrogen and oxygen atoms in total. The molecule has 0 saturated heterocycles. The van der Waals surface area contributed by atoms with Crippen molar-refractivity contribution < 1.29 is 32.0 Å². The predicted molar refractivity (Wildman–Crippen MR) is 94.4 cm³/mol. The molecule has 0 aliphatic rings. The first-order valence-corrected chi connectivity index (χ1v) is 7.96. The second kappa shape index (κ2) is 7.62. The van der Waals surface area contributed by atoms with Crippen LogP contribution >= 0.6 is 0 Å². The zero-order chi connectivity index (χ0) is 21.2. The average Bonchev–Trinajstić information content (AvgIpc) is 2.65. The molecule has 1 amide bonds. The number of nitro groups is 1. The Morgan fingerprint density at radius 3 is 2.45 bits per heavy atom. The average molecular weight is 408 g/mol. The summed E-state index contributed by atoms with van der Waals surface area (Å²) in [5.74, 6) is 0. The molecule has 0 unspecified atom stereocenters. The van der Waals surface area contributed by atoms with Gasteiger partial charge in [-0.2, -0.15) is 13.2 Å². The van der Waals surface area contributed by atoms with E-state index in [2.05, 4.69) is 5.32 Å². The van der Waals surface area contributed by atoms with Gasteiger partial charge in [0.05, 0.1) is 10.5 Å². The number of halogens is 3. The largest absolute Gasteiger partial charge is 0.444 e. The normalized spacial score (nSPS) is 11.3. The van der Waals surface area contributed by atoms with Crippen molar-refractivity contribution in [2.75, 3.05) is 5.32 Å². The van der Waals surface area contributed by atoms with Gasteiger partial charge in [-0.3, -0.25) is 15.4 Å². The summed E-state index contributed by atoms with van der Waals surface area (Å²) in [6.45, 7) is -0.190. The highest BCUT2D eigenvalue weighted by molar-refractivity contribution is 5.90. The monoisotopic (exact) mass is 408 g/mol. The fourth-order valence-electron chi connectivity index (χ4n) is 2.49. The predicted octanol–water partition coefficient (Wildman–Crippen LogP) is 4.47. The number of carbonyl (C=O) groups is 1. The van der Waals surface area contributed by atoms with Crippen molar-refractivity contribution in [3.63, 3.8) is 0 Å². The third-order valence-electron chi connectivity index (χ3n) is 3.81. The Hall–Kier alpha value is -3.89. The van der Waals surface area contributed by atoms with Crippen LogP contribution in [-0.2, 0) is 17.5 Å². The summed E-state index contributed by atoms with van der Waals surface area (Å²) >= 11 is 0. The first-order chi connectivity index (χ1) is 13.6. The molecule has 0 aliphatic carbocycles. The van der Waals surface area contributed by atoms with Crippen LogP contribution in [0.3, 0.4) is 0 Å².